The number of hydrogen-bond acceptors (Lipinski definition) is 7. The first kappa shape index (κ1) is 26.4. The Kier molecular flexibility index (Phi) is 6.84. The zero-order chi connectivity index (χ0) is 28.7. The van der Waals surface area contributed by atoms with Gasteiger partial charge >= 0.3 is 0 Å². The predicted molar refractivity (Wildman–Crippen MR) is 147 cm³/mol. The lowest BCUT2D eigenvalue weighted by molar-refractivity contribution is 0.0474. The van der Waals surface area contributed by atoms with E-state index in [0.29, 0.717) is 53.4 Å². The van der Waals surface area contributed by atoms with E-state index in [1.165, 1.54) is 28.0 Å². The molecule has 3 aromatic rings. The maximum atomic E-state index is 12.9. The Hall–Kier alpha value is -4.83. The van der Waals surface area contributed by atoms with Crippen molar-refractivity contribution in [2.45, 2.75) is 32.3 Å². The van der Waals surface area contributed by atoms with Gasteiger partial charge in [-0.25, -0.2) is 0 Å². The summed E-state index contributed by atoms with van der Waals surface area (Å²) < 4.78 is 11.5. The second kappa shape index (κ2) is 10.6. The van der Waals surface area contributed by atoms with Crippen molar-refractivity contribution in [2.75, 3.05) is 25.0 Å². The Morgan fingerprint density at radius 2 is 1.46 bits per heavy atom. The van der Waals surface area contributed by atoms with Crippen molar-refractivity contribution in [3.8, 4) is 11.5 Å². The summed E-state index contributed by atoms with van der Waals surface area (Å²) in [5, 5.41) is 2.78. The van der Waals surface area contributed by atoms with E-state index in [4.69, 9.17) is 9.47 Å². The van der Waals surface area contributed by atoms with Crippen molar-refractivity contribution in [2.24, 2.45) is 0 Å². The number of nitrogens with one attached hydrogen (secondary N) is 1. The van der Waals surface area contributed by atoms with Crippen molar-refractivity contribution >= 4 is 35.2 Å². The topological polar surface area (TPSA) is 122 Å². The highest BCUT2D eigenvalue weighted by molar-refractivity contribution is 6.22. The molecule has 3 heterocycles. The molecule has 3 aliphatic heterocycles. The van der Waals surface area contributed by atoms with Crippen molar-refractivity contribution in [3.05, 3.63) is 88.5 Å². The van der Waals surface area contributed by atoms with Gasteiger partial charge in [-0.3, -0.25) is 33.8 Å². The Morgan fingerprint density at radius 1 is 0.829 bits per heavy atom. The number of fused-ring (bicyclic) bond motifs is 2. The van der Waals surface area contributed by atoms with E-state index < -0.39 is 11.8 Å². The highest BCUT2D eigenvalue weighted by Gasteiger charge is 2.38. The summed E-state index contributed by atoms with van der Waals surface area (Å²) in [5.74, 6) is -0.987. The monoisotopic (exact) mass is 553 g/mol. The number of benzene rings is 3. The molecule has 3 aliphatic rings. The SMILES string of the molecule is CCCN1C(=O)c2ccc(C(=O)Nc3ccc(Oc4ccc5c(c4)C(=O)N(CC4CCCO4)C5=O)cc3)cc2C1=O. The number of ether oxygens (including phenoxy) is 2. The zero-order valence-corrected chi connectivity index (χ0v) is 22.3. The average molecular weight is 554 g/mol. The average Bonchev–Trinajstić information content (AvgIpc) is 3.64. The fraction of sp³-hybridized carbons (Fsp3) is 0.258. The molecule has 41 heavy (non-hydrogen) atoms. The van der Waals surface area contributed by atoms with Gasteiger partial charge in [0.1, 0.15) is 11.5 Å². The van der Waals surface area contributed by atoms with E-state index in [9.17, 15) is 24.0 Å². The van der Waals surface area contributed by atoms with Crippen molar-refractivity contribution in [3.63, 3.8) is 0 Å². The van der Waals surface area contributed by atoms with Crippen LogP contribution in [0.2, 0.25) is 0 Å². The molecule has 1 atom stereocenters. The first-order chi connectivity index (χ1) is 19.8. The summed E-state index contributed by atoms with van der Waals surface area (Å²) in [6, 6.07) is 15.9. The molecule has 0 aromatic heterocycles. The van der Waals surface area contributed by atoms with Crippen LogP contribution in [-0.2, 0) is 4.74 Å². The van der Waals surface area contributed by atoms with Crippen LogP contribution < -0.4 is 10.1 Å². The minimum Gasteiger partial charge on any atom is -0.457 e. The molecule has 1 fully saturated rings. The third-order valence-corrected chi connectivity index (χ3v) is 7.38. The fourth-order valence-electron chi connectivity index (χ4n) is 5.30. The summed E-state index contributed by atoms with van der Waals surface area (Å²) >= 11 is 0. The number of amides is 5. The summed E-state index contributed by atoms with van der Waals surface area (Å²) in [4.78, 5) is 66.0. The van der Waals surface area contributed by atoms with E-state index in [0.717, 1.165) is 12.8 Å². The maximum Gasteiger partial charge on any atom is 0.261 e. The van der Waals surface area contributed by atoms with Gasteiger partial charge in [0, 0.05) is 24.4 Å². The second-order valence-electron chi connectivity index (χ2n) is 10.2. The lowest BCUT2D eigenvalue weighted by Crippen LogP contribution is -2.36. The molecule has 0 radical (unpaired) electrons. The molecule has 1 unspecified atom stereocenters. The van der Waals surface area contributed by atoms with Gasteiger partial charge in [0.2, 0.25) is 0 Å². The maximum absolute atomic E-state index is 12.9. The van der Waals surface area contributed by atoms with Gasteiger partial charge in [-0.2, -0.15) is 0 Å². The Balaban J connectivity index is 1.10. The number of hydrogen-bond donors (Lipinski definition) is 1. The molecule has 5 amide bonds. The molecule has 0 saturated carbocycles. The zero-order valence-electron chi connectivity index (χ0n) is 22.3. The molecular formula is C31H27N3O7. The van der Waals surface area contributed by atoms with Crippen LogP contribution in [0.15, 0.2) is 60.7 Å². The molecule has 3 aromatic carbocycles. The number of nitrogens with zero attached hydrogens (tertiary/aromatic N) is 2. The molecule has 0 aliphatic carbocycles. The van der Waals surface area contributed by atoms with E-state index in [1.54, 1.807) is 42.5 Å². The van der Waals surface area contributed by atoms with Crippen LogP contribution in [0.3, 0.4) is 0 Å². The van der Waals surface area contributed by atoms with Gasteiger partial charge in [0.15, 0.2) is 0 Å². The highest BCUT2D eigenvalue weighted by atomic mass is 16.5. The van der Waals surface area contributed by atoms with E-state index in [1.807, 2.05) is 6.92 Å². The summed E-state index contributed by atoms with van der Waals surface area (Å²) in [7, 11) is 0. The van der Waals surface area contributed by atoms with Crippen molar-refractivity contribution < 1.29 is 33.4 Å². The van der Waals surface area contributed by atoms with E-state index >= 15 is 0 Å². The molecular weight excluding hydrogens is 526 g/mol. The van der Waals surface area contributed by atoms with Gasteiger partial charge in [-0.05, 0) is 79.9 Å². The van der Waals surface area contributed by atoms with Crippen LogP contribution in [0.25, 0.3) is 0 Å². The summed E-state index contributed by atoms with van der Waals surface area (Å²) in [5.41, 5.74) is 1.92. The molecule has 1 N–H and O–H groups in total. The predicted octanol–water partition coefficient (Wildman–Crippen LogP) is 4.51. The van der Waals surface area contributed by atoms with Crippen LogP contribution in [0.5, 0.6) is 11.5 Å². The number of carbonyl (C=O) groups excluding carboxylic acids is 5. The molecule has 0 spiro atoms. The van der Waals surface area contributed by atoms with Gasteiger partial charge in [-0.15, -0.1) is 0 Å². The van der Waals surface area contributed by atoms with Gasteiger partial charge < -0.3 is 14.8 Å². The van der Waals surface area contributed by atoms with Gasteiger partial charge in [0.25, 0.3) is 29.5 Å². The van der Waals surface area contributed by atoms with Gasteiger partial charge in [-0.1, -0.05) is 6.92 Å². The smallest absolute Gasteiger partial charge is 0.261 e. The van der Waals surface area contributed by atoms with Crippen molar-refractivity contribution in [1.29, 1.82) is 0 Å². The number of imide groups is 2. The highest BCUT2D eigenvalue weighted by Crippen LogP contribution is 2.31. The first-order valence-electron chi connectivity index (χ1n) is 13.6. The quantitative estimate of drug-likeness (QED) is 0.407. The lowest BCUT2D eigenvalue weighted by Gasteiger charge is -2.17. The Bertz CT molecular complexity index is 1590. The van der Waals surface area contributed by atoms with E-state index in [-0.39, 0.29) is 41.5 Å². The van der Waals surface area contributed by atoms with Crippen LogP contribution in [0.1, 0.15) is 78.0 Å². The number of anilines is 1. The molecule has 1 saturated heterocycles. The van der Waals surface area contributed by atoms with Crippen molar-refractivity contribution in [1.82, 2.24) is 9.80 Å². The third kappa shape index (κ3) is 4.87. The standard InChI is InChI=1S/C31H27N3O7/c1-2-13-33-28(36)23-11-5-18(15-25(23)30(33)38)27(35)32-19-6-8-20(9-7-19)41-21-10-12-24-26(16-21)31(39)34(29(24)37)17-22-4-3-14-40-22/h5-12,15-16,22H,2-4,13-14,17H2,1H3,(H,32,35). The normalized spacial score (nSPS) is 17.7. The summed E-state index contributed by atoms with van der Waals surface area (Å²) in [6.07, 6.45) is 2.27. The van der Waals surface area contributed by atoms with Gasteiger partial charge in [0.05, 0.1) is 34.9 Å². The molecule has 10 heteroatoms. The fourth-order valence-corrected chi connectivity index (χ4v) is 5.30. The minimum atomic E-state index is -0.426. The molecule has 208 valence electrons. The molecule has 0 bridgehead atoms. The molecule has 6 rings (SSSR count). The lowest BCUT2D eigenvalue weighted by atomic mass is 10.1. The Labute approximate surface area is 235 Å². The molecule has 10 nitrogen and oxygen atoms in total. The Morgan fingerprint density at radius 3 is 2.17 bits per heavy atom. The van der Waals surface area contributed by atoms with E-state index in [2.05, 4.69) is 5.32 Å². The first-order valence-corrected chi connectivity index (χ1v) is 13.6. The van der Waals surface area contributed by atoms with Crippen LogP contribution in [-0.4, -0.2) is 65.1 Å². The van der Waals surface area contributed by atoms with Crippen LogP contribution in [0.4, 0.5) is 5.69 Å². The third-order valence-electron chi connectivity index (χ3n) is 7.38. The summed E-state index contributed by atoms with van der Waals surface area (Å²) in [6.45, 7) is 3.10. The second-order valence-corrected chi connectivity index (χ2v) is 10.2. The van der Waals surface area contributed by atoms with Crippen LogP contribution >= 0.6 is 0 Å². The largest absolute Gasteiger partial charge is 0.457 e. The number of rotatable bonds is 8. The van der Waals surface area contributed by atoms with Crippen LogP contribution in [0, 0.1) is 0 Å². The number of carbonyl (C=O) groups is 5. The minimum absolute atomic E-state index is 0.127.